The molecule has 1 aromatic carbocycles. The molecule has 0 bridgehead atoms. The second-order valence-corrected chi connectivity index (χ2v) is 5.00. The molecule has 0 fully saturated rings. The summed E-state index contributed by atoms with van der Waals surface area (Å²) in [4.78, 5) is 21.8. The number of benzene rings is 1. The fourth-order valence-electron chi connectivity index (χ4n) is 2.01. The number of aliphatic carboxylic acids is 1. The van der Waals surface area contributed by atoms with E-state index in [1.54, 1.807) is 6.07 Å². The number of rotatable bonds is 10. The summed E-state index contributed by atoms with van der Waals surface area (Å²) in [5.74, 6) is -0.353. The predicted octanol–water partition coefficient (Wildman–Crippen LogP) is 3.40. The molecule has 0 aliphatic carbocycles. The van der Waals surface area contributed by atoms with E-state index < -0.39 is 5.97 Å². The highest BCUT2D eigenvalue weighted by Gasteiger charge is 2.09. The van der Waals surface area contributed by atoms with Gasteiger partial charge in [-0.05, 0) is 38.0 Å². The average Bonchev–Trinajstić information content (AvgIpc) is 2.42. The summed E-state index contributed by atoms with van der Waals surface area (Å²) in [5, 5.41) is 17.9. The smallest absolute Gasteiger partial charge is 0.303 e. The molecule has 0 unspecified atom stereocenters. The molecule has 1 aromatic rings. The van der Waals surface area contributed by atoms with Crippen LogP contribution in [-0.2, 0) is 4.79 Å². The fourth-order valence-corrected chi connectivity index (χ4v) is 2.01. The van der Waals surface area contributed by atoms with E-state index >= 15 is 0 Å². The lowest BCUT2D eigenvalue weighted by Crippen LogP contribution is -2.03. The van der Waals surface area contributed by atoms with Gasteiger partial charge in [0, 0.05) is 6.42 Å². The van der Waals surface area contributed by atoms with Gasteiger partial charge >= 0.3 is 5.97 Å². The average molecular weight is 294 g/mol. The summed E-state index contributed by atoms with van der Waals surface area (Å²) in [7, 11) is 0. The number of hydrogen-bond acceptors (Lipinski definition) is 4. The molecule has 0 aliphatic rings. The molecule has 0 atom stereocenters. The van der Waals surface area contributed by atoms with Gasteiger partial charge in [-0.2, -0.15) is 0 Å². The van der Waals surface area contributed by atoms with Gasteiger partial charge in [0.2, 0.25) is 0 Å². The Morgan fingerprint density at radius 2 is 1.76 bits per heavy atom. The van der Waals surface area contributed by atoms with Gasteiger partial charge in [0.05, 0.1) is 12.2 Å². The summed E-state index contributed by atoms with van der Waals surface area (Å²) in [6.45, 7) is 1.94. The molecule has 0 spiro atoms. The molecule has 116 valence electrons. The Morgan fingerprint density at radius 1 is 1.10 bits per heavy atom. The van der Waals surface area contributed by atoms with Crippen LogP contribution >= 0.6 is 0 Å². The number of carboxylic acids is 1. The Balaban J connectivity index is 2.24. The normalized spacial score (nSPS) is 10.3. The number of aromatic hydroxyl groups is 1. The van der Waals surface area contributed by atoms with Crippen molar-refractivity contribution in [3.05, 3.63) is 23.8 Å². The third kappa shape index (κ3) is 6.79. The third-order valence-corrected chi connectivity index (χ3v) is 3.13. The van der Waals surface area contributed by atoms with Crippen LogP contribution < -0.4 is 4.74 Å². The van der Waals surface area contributed by atoms with Crippen molar-refractivity contribution >= 4 is 11.8 Å². The highest BCUT2D eigenvalue weighted by atomic mass is 16.5. The second kappa shape index (κ2) is 9.00. The lowest BCUT2D eigenvalue weighted by atomic mass is 10.1. The van der Waals surface area contributed by atoms with Crippen molar-refractivity contribution in [1.29, 1.82) is 0 Å². The first-order valence-corrected chi connectivity index (χ1v) is 7.19. The minimum atomic E-state index is -0.748. The van der Waals surface area contributed by atoms with Crippen LogP contribution in [0.3, 0.4) is 0 Å². The first-order valence-electron chi connectivity index (χ1n) is 7.19. The van der Waals surface area contributed by atoms with E-state index in [9.17, 15) is 14.7 Å². The topological polar surface area (TPSA) is 83.8 Å². The van der Waals surface area contributed by atoms with Gasteiger partial charge < -0.3 is 14.9 Å². The van der Waals surface area contributed by atoms with Crippen LogP contribution in [0.2, 0.25) is 0 Å². The maximum absolute atomic E-state index is 11.4. The quantitative estimate of drug-likeness (QED) is 0.510. The summed E-state index contributed by atoms with van der Waals surface area (Å²) in [6, 6.07) is 4.50. The Bertz CT molecular complexity index is 482. The number of carbonyl (C=O) groups excluding carboxylic acids is 1. The summed E-state index contributed by atoms with van der Waals surface area (Å²) >= 11 is 0. The maximum atomic E-state index is 11.4. The van der Waals surface area contributed by atoms with E-state index in [-0.39, 0.29) is 18.0 Å². The number of carboxylic acid groups (broad SMARTS) is 1. The molecule has 21 heavy (non-hydrogen) atoms. The number of unbranched alkanes of at least 4 members (excludes halogenated alkanes) is 4. The molecular formula is C16H22O5. The third-order valence-electron chi connectivity index (χ3n) is 3.13. The van der Waals surface area contributed by atoms with Crippen molar-refractivity contribution in [3.8, 4) is 11.5 Å². The molecule has 0 amide bonds. The lowest BCUT2D eigenvalue weighted by molar-refractivity contribution is -0.137. The minimum absolute atomic E-state index is 0.0472. The van der Waals surface area contributed by atoms with Gasteiger partial charge in [0.1, 0.15) is 11.5 Å². The molecular weight excluding hydrogens is 272 g/mol. The molecule has 2 N–H and O–H groups in total. The van der Waals surface area contributed by atoms with E-state index in [0.29, 0.717) is 24.3 Å². The lowest BCUT2D eigenvalue weighted by Gasteiger charge is -2.10. The highest BCUT2D eigenvalue weighted by molar-refractivity contribution is 5.97. The number of ether oxygens (including phenoxy) is 1. The van der Waals surface area contributed by atoms with Crippen molar-refractivity contribution in [3.63, 3.8) is 0 Å². The van der Waals surface area contributed by atoms with Crippen molar-refractivity contribution in [2.24, 2.45) is 0 Å². The van der Waals surface area contributed by atoms with Crippen molar-refractivity contribution in [2.45, 2.75) is 45.4 Å². The molecule has 0 saturated heterocycles. The van der Waals surface area contributed by atoms with Crippen LogP contribution in [0.1, 0.15) is 55.8 Å². The Kier molecular flexibility index (Phi) is 7.29. The molecule has 0 radical (unpaired) electrons. The number of carbonyl (C=O) groups is 2. The summed E-state index contributed by atoms with van der Waals surface area (Å²) < 4.78 is 5.57. The van der Waals surface area contributed by atoms with E-state index in [1.165, 1.54) is 19.1 Å². The minimum Gasteiger partial charge on any atom is -0.508 e. The van der Waals surface area contributed by atoms with Gasteiger partial charge in [0.15, 0.2) is 5.78 Å². The van der Waals surface area contributed by atoms with Crippen LogP contribution in [0.4, 0.5) is 0 Å². The largest absolute Gasteiger partial charge is 0.508 e. The zero-order chi connectivity index (χ0) is 15.7. The van der Waals surface area contributed by atoms with Gasteiger partial charge in [-0.1, -0.05) is 19.3 Å². The van der Waals surface area contributed by atoms with Crippen LogP contribution in [0, 0.1) is 0 Å². The number of ketones is 1. The Hall–Kier alpha value is -2.04. The van der Waals surface area contributed by atoms with Crippen molar-refractivity contribution < 1.29 is 24.5 Å². The van der Waals surface area contributed by atoms with Crippen LogP contribution in [-0.4, -0.2) is 28.6 Å². The van der Waals surface area contributed by atoms with Gasteiger partial charge in [-0.15, -0.1) is 0 Å². The standard InChI is InChI=1S/C16H22O5/c1-12(17)14-11-13(18)8-9-15(14)21-10-6-4-2-3-5-7-16(19)20/h8-9,11,18H,2-7,10H2,1H3,(H,19,20). The van der Waals surface area contributed by atoms with E-state index in [2.05, 4.69) is 0 Å². The molecule has 0 heterocycles. The first-order chi connectivity index (χ1) is 10.0. The first kappa shape index (κ1) is 17.0. The maximum Gasteiger partial charge on any atom is 0.303 e. The SMILES string of the molecule is CC(=O)c1cc(O)ccc1OCCCCCCCC(=O)O. The summed E-state index contributed by atoms with van der Waals surface area (Å²) in [6.07, 6.45) is 4.64. The Labute approximate surface area is 124 Å². The van der Waals surface area contributed by atoms with Crippen molar-refractivity contribution in [1.82, 2.24) is 0 Å². The summed E-state index contributed by atoms with van der Waals surface area (Å²) in [5.41, 5.74) is 0.386. The number of phenols is 1. The molecule has 0 aromatic heterocycles. The van der Waals surface area contributed by atoms with Crippen LogP contribution in [0.15, 0.2) is 18.2 Å². The zero-order valence-corrected chi connectivity index (χ0v) is 12.3. The van der Waals surface area contributed by atoms with Gasteiger partial charge in [-0.25, -0.2) is 0 Å². The van der Waals surface area contributed by atoms with Crippen LogP contribution in [0.25, 0.3) is 0 Å². The number of phenolic OH excluding ortho intramolecular Hbond substituents is 1. The van der Waals surface area contributed by atoms with Crippen LogP contribution in [0.5, 0.6) is 11.5 Å². The number of Topliss-reactive ketones (excluding diaryl/α,β-unsaturated/α-hetero) is 1. The molecule has 5 nitrogen and oxygen atoms in total. The van der Waals surface area contributed by atoms with Gasteiger partial charge in [0.25, 0.3) is 0 Å². The molecule has 5 heteroatoms. The van der Waals surface area contributed by atoms with E-state index in [1.807, 2.05) is 0 Å². The van der Waals surface area contributed by atoms with Gasteiger partial charge in [-0.3, -0.25) is 9.59 Å². The zero-order valence-electron chi connectivity index (χ0n) is 12.3. The molecule has 1 rings (SSSR count). The molecule has 0 saturated carbocycles. The van der Waals surface area contributed by atoms with E-state index in [0.717, 1.165) is 25.7 Å². The predicted molar refractivity (Wildman–Crippen MR) is 78.9 cm³/mol. The monoisotopic (exact) mass is 294 g/mol. The fraction of sp³-hybridized carbons (Fsp3) is 0.500. The second-order valence-electron chi connectivity index (χ2n) is 5.00. The van der Waals surface area contributed by atoms with E-state index in [4.69, 9.17) is 9.84 Å². The molecule has 0 aliphatic heterocycles. The number of hydrogen-bond donors (Lipinski definition) is 2. The van der Waals surface area contributed by atoms with Crippen molar-refractivity contribution in [2.75, 3.05) is 6.61 Å². The highest BCUT2D eigenvalue weighted by Crippen LogP contribution is 2.24. The Morgan fingerprint density at radius 3 is 2.43 bits per heavy atom.